The van der Waals surface area contributed by atoms with Gasteiger partial charge in [-0.1, -0.05) is 48.8 Å². The highest BCUT2D eigenvalue weighted by Gasteiger charge is 2.26. The fourth-order valence-corrected chi connectivity index (χ4v) is 2.14. The summed E-state index contributed by atoms with van der Waals surface area (Å²) in [4.78, 5) is 0. The number of nitrogens with one attached hydrogen (secondary N) is 1. The molecule has 0 spiro atoms. The van der Waals surface area contributed by atoms with Gasteiger partial charge < -0.3 is 5.32 Å². The van der Waals surface area contributed by atoms with Crippen molar-refractivity contribution in [3.05, 3.63) is 34.3 Å². The minimum absolute atomic E-state index is 0.335. The van der Waals surface area contributed by atoms with Crippen molar-refractivity contribution in [1.29, 1.82) is 0 Å². The number of hydrogen-bond donors (Lipinski definition) is 1. The Morgan fingerprint density at radius 1 is 1.25 bits per heavy atom. The molecule has 2 heteroatoms. The van der Waals surface area contributed by atoms with Crippen molar-refractivity contribution < 1.29 is 0 Å². The molecule has 1 N–H and O–H groups in total. The van der Waals surface area contributed by atoms with E-state index in [2.05, 4.69) is 73.3 Å². The lowest BCUT2D eigenvalue weighted by molar-refractivity contribution is 0.240. The Kier molecular flexibility index (Phi) is 5.00. The lowest BCUT2D eigenvalue weighted by Crippen LogP contribution is -2.41. The predicted molar refractivity (Wildman–Crippen MR) is 74.8 cm³/mol. The lowest BCUT2D eigenvalue weighted by atomic mass is 9.79. The first-order chi connectivity index (χ1) is 7.49. The maximum absolute atomic E-state index is 3.47. The van der Waals surface area contributed by atoms with Gasteiger partial charge in [0.1, 0.15) is 0 Å². The summed E-state index contributed by atoms with van der Waals surface area (Å²) in [5.41, 5.74) is 1.73. The third kappa shape index (κ3) is 3.60. The molecule has 0 aliphatic carbocycles. The molecule has 0 heterocycles. The molecule has 1 unspecified atom stereocenters. The van der Waals surface area contributed by atoms with Gasteiger partial charge in [-0.25, -0.2) is 0 Å². The highest BCUT2D eigenvalue weighted by Crippen LogP contribution is 2.27. The summed E-state index contributed by atoms with van der Waals surface area (Å²) >= 11 is 3.47. The molecule has 0 radical (unpaired) electrons. The average molecular weight is 284 g/mol. The standard InChI is InChI=1S/C14H22BrN/c1-5-14(2,3)13(16-4)10-11-6-8-12(15)9-7-11/h6-9,13,16H,5,10H2,1-4H3. The number of likely N-dealkylation sites (N-methyl/N-ethyl adjacent to an activating group) is 1. The average Bonchev–Trinajstić information content (AvgIpc) is 2.28. The molecule has 0 aliphatic heterocycles. The fourth-order valence-electron chi connectivity index (χ4n) is 1.87. The highest BCUT2D eigenvalue weighted by molar-refractivity contribution is 9.10. The van der Waals surface area contributed by atoms with E-state index in [1.165, 1.54) is 12.0 Å². The van der Waals surface area contributed by atoms with Crippen LogP contribution in [0.1, 0.15) is 32.8 Å². The van der Waals surface area contributed by atoms with E-state index in [9.17, 15) is 0 Å². The van der Waals surface area contributed by atoms with E-state index in [1.807, 2.05) is 0 Å². The topological polar surface area (TPSA) is 12.0 Å². The van der Waals surface area contributed by atoms with Crippen LogP contribution in [0.3, 0.4) is 0 Å². The summed E-state index contributed by atoms with van der Waals surface area (Å²) in [6.07, 6.45) is 2.28. The number of halogens is 1. The van der Waals surface area contributed by atoms with Crippen LogP contribution in [0, 0.1) is 5.41 Å². The summed E-state index contributed by atoms with van der Waals surface area (Å²) in [6.45, 7) is 6.91. The van der Waals surface area contributed by atoms with Crippen LogP contribution in [0.25, 0.3) is 0 Å². The van der Waals surface area contributed by atoms with Crippen LogP contribution in [-0.4, -0.2) is 13.1 Å². The SMILES string of the molecule is CCC(C)(C)C(Cc1ccc(Br)cc1)NC. The second kappa shape index (κ2) is 5.83. The zero-order valence-electron chi connectivity index (χ0n) is 10.7. The molecule has 1 atom stereocenters. The van der Waals surface area contributed by atoms with Crippen LogP contribution in [0.2, 0.25) is 0 Å². The van der Waals surface area contributed by atoms with Gasteiger partial charge in [-0.05, 0) is 43.0 Å². The van der Waals surface area contributed by atoms with Gasteiger partial charge in [0, 0.05) is 10.5 Å². The Morgan fingerprint density at radius 2 is 1.81 bits per heavy atom. The number of hydrogen-bond acceptors (Lipinski definition) is 1. The Balaban J connectivity index is 2.74. The monoisotopic (exact) mass is 283 g/mol. The van der Waals surface area contributed by atoms with Crippen molar-refractivity contribution >= 4 is 15.9 Å². The molecule has 1 aromatic carbocycles. The summed E-state index contributed by atoms with van der Waals surface area (Å²) in [5.74, 6) is 0. The summed E-state index contributed by atoms with van der Waals surface area (Å²) in [7, 11) is 2.06. The van der Waals surface area contributed by atoms with Crippen LogP contribution in [0.15, 0.2) is 28.7 Å². The van der Waals surface area contributed by atoms with Gasteiger partial charge in [0.25, 0.3) is 0 Å². The van der Waals surface area contributed by atoms with E-state index in [1.54, 1.807) is 0 Å². The van der Waals surface area contributed by atoms with Crippen LogP contribution >= 0.6 is 15.9 Å². The van der Waals surface area contributed by atoms with Gasteiger partial charge in [-0.15, -0.1) is 0 Å². The zero-order chi connectivity index (χ0) is 12.2. The van der Waals surface area contributed by atoms with E-state index in [4.69, 9.17) is 0 Å². The van der Waals surface area contributed by atoms with Crippen LogP contribution in [0.4, 0.5) is 0 Å². The van der Waals surface area contributed by atoms with E-state index < -0.39 is 0 Å². The molecule has 90 valence electrons. The quantitative estimate of drug-likeness (QED) is 0.861. The molecule has 0 aliphatic rings. The van der Waals surface area contributed by atoms with E-state index >= 15 is 0 Å². The lowest BCUT2D eigenvalue weighted by Gasteiger charge is -2.33. The Labute approximate surface area is 108 Å². The summed E-state index contributed by atoms with van der Waals surface area (Å²) < 4.78 is 1.15. The van der Waals surface area contributed by atoms with Crippen molar-refractivity contribution in [3.8, 4) is 0 Å². The van der Waals surface area contributed by atoms with Crippen molar-refractivity contribution in [1.82, 2.24) is 5.32 Å². The van der Waals surface area contributed by atoms with Crippen LogP contribution in [-0.2, 0) is 6.42 Å². The second-order valence-electron chi connectivity index (χ2n) is 5.01. The van der Waals surface area contributed by atoms with E-state index in [-0.39, 0.29) is 0 Å². The van der Waals surface area contributed by atoms with Crippen LogP contribution < -0.4 is 5.32 Å². The molecule has 1 nitrogen and oxygen atoms in total. The third-order valence-electron chi connectivity index (χ3n) is 3.56. The number of rotatable bonds is 5. The maximum atomic E-state index is 3.47. The highest BCUT2D eigenvalue weighted by atomic mass is 79.9. The number of benzene rings is 1. The van der Waals surface area contributed by atoms with Crippen molar-refractivity contribution in [2.75, 3.05) is 7.05 Å². The Morgan fingerprint density at radius 3 is 2.25 bits per heavy atom. The Hall–Kier alpha value is -0.340. The van der Waals surface area contributed by atoms with Gasteiger partial charge in [0.05, 0.1) is 0 Å². The van der Waals surface area contributed by atoms with Crippen molar-refractivity contribution in [3.63, 3.8) is 0 Å². The summed E-state index contributed by atoms with van der Waals surface area (Å²) in [5, 5.41) is 3.44. The Bertz CT molecular complexity index is 316. The van der Waals surface area contributed by atoms with Gasteiger partial charge in [-0.3, -0.25) is 0 Å². The first-order valence-electron chi connectivity index (χ1n) is 5.91. The first kappa shape index (κ1) is 13.7. The normalized spacial score (nSPS) is 13.8. The molecular formula is C14H22BrN. The molecule has 0 aromatic heterocycles. The minimum atomic E-state index is 0.335. The van der Waals surface area contributed by atoms with Gasteiger partial charge in [0.15, 0.2) is 0 Å². The van der Waals surface area contributed by atoms with Crippen molar-refractivity contribution in [2.24, 2.45) is 5.41 Å². The van der Waals surface area contributed by atoms with Crippen LogP contribution in [0.5, 0.6) is 0 Å². The summed E-state index contributed by atoms with van der Waals surface area (Å²) in [6, 6.07) is 9.14. The minimum Gasteiger partial charge on any atom is -0.316 e. The molecular weight excluding hydrogens is 262 g/mol. The van der Waals surface area contributed by atoms with E-state index in [0.717, 1.165) is 10.9 Å². The molecule has 0 saturated carbocycles. The van der Waals surface area contributed by atoms with E-state index in [0.29, 0.717) is 11.5 Å². The third-order valence-corrected chi connectivity index (χ3v) is 4.08. The maximum Gasteiger partial charge on any atom is 0.0175 e. The predicted octanol–water partition coefficient (Wildman–Crippen LogP) is 4.02. The molecule has 1 aromatic rings. The zero-order valence-corrected chi connectivity index (χ0v) is 12.3. The molecule has 16 heavy (non-hydrogen) atoms. The van der Waals surface area contributed by atoms with Gasteiger partial charge in [0.2, 0.25) is 0 Å². The van der Waals surface area contributed by atoms with Gasteiger partial charge in [-0.2, -0.15) is 0 Å². The molecule has 0 amide bonds. The molecule has 0 bridgehead atoms. The first-order valence-corrected chi connectivity index (χ1v) is 6.70. The van der Waals surface area contributed by atoms with Gasteiger partial charge >= 0.3 is 0 Å². The molecule has 1 rings (SSSR count). The second-order valence-corrected chi connectivity index (χ2v) is 5.93. The van der Waals surface area contributed by atoms with Crippen molar-refractivity contribution in [2.45, 2.75) is 39.7 Å². The molecule has 0 saturated heterocycles. The fraction of sp³-hybridized carbons (Fsp3) is 0.571. The molecule has 0 fully saturated rings. The largest absolute Gasteiger partial charge is 0.316 e. The smallest absolute Gasteiger partial charge is 0.0175 e.